The first kappa shape index (κ1) is 12.0. The molecule has 1 N–H and O–H groups in total. The van der Waals surface area contributed by atoms with E-state index in [0.29, 0.717) is 0 Å². The summed E-state index contributed by atoms with van der Waals surface area (Å²) >= 11 is 0. The topological polar surface area (TPSA) is 12.0 Å². The van der Waals surface area contributed by atoms with Crippen LogP contribution < -0.4 is 5.32 Å². The molecule has 1 nitrogen and oxygen atoms in total. The van der Waals surface area contributed by atoms with Gasteiger partial charge in [0.2, 0.25) is 0 Å². The number of hydrogen-bond acceptors (Lipinski definition) is 1. The van der Waals surface area contributed by atoms with Crippen LogP contribution in [-0.2, 0) is 0 Å². The van der Waals surface area contributed by atoms with Crippen molar-refractivity contribution in [1.82, 2.24) is 5.32 Å². The zero-order valence-corrected chi connectivity index (χ0v) is 7.63. The number of alkyl halides is 3. The SMILES string of the molecule is CCNC1CC(C(F)(F)F)C1.Cl. The molecule has 0 amide bonds. The summed E-state index contributed by atoms with van der Waals surface area (Å²) in [5.74, 6) is -1.05. The number of nitrogens with one attached hydrogen (secondary N) is 1. The molecule has 74 valence electrons. The van der Waals surface area contributed by atoms with E-state index >= 15 is 0 Å². The molecule has 0 spiro atoms. The number of halogens is 4. The van der Waals surface area contributed by atoms with Crippen LogP contribution in [0, 0.1) is 5.92 Å². The van der Waals surface area contributed by atoms with E-state index in [2.05, 4.69) is 5.32 Å². The first-order valence-electron chi connectivity index (χ1n) is 3.84. The normalized spacial score (nSPS) is 29.0. The molecule has 0 unspecified atom stereocenters. The van der Waals surface area contributed by atoms with Crippen LogP contribution in [0.15, 0.2) is 0 Å². The molecule has 0 aromatic carbocycles. The van der Waals surface area contributed by atoms with Gasteiger partial charge in [-0.25, -0.2) is 0 Å². The van der Waals surface area contributed by atoms with Gasteiger partial charge in [0.1, 0.15) is 0 Å². The summed E-state index contributed by atoms with van der Waals surface area (Å²) in [5.41, 5.74) is 0. The summed E-state index contributed by atoms with van der Waals surface area (Å²) in [4.78, 5) is 0. The Morgan fingerprint density at radius 1 is 1.33 bits per heavy atom. The lowest BCUT2D eigenvalue weighted by atomic mass is 9.80. The highest BCUT2D eigenvalue weighted by atomic mass is 35.5. The van der Waals surface area contributed by atoms with E-state index in [4.69, 9.17) is 0 Å². The molecule has 12 heavy (non-hydrogen) atoms. The maximum atomic E-state index is 11.9. The predicted molar refractivity (Wildman–Crippen MR) is 43.5 cm³/mol. The summed E-state index contributed by atoms with van der Waals surface area (Å²) in [6.07, 6.45) is -3.44. The van der Waals surface area contributed by atoms with Gasteiger partial charge in [-0.1, -0.05) is 6.92 Å². The molecule has 0 aliphatic heterocycles. The van der Waals surface area contributed by atoms with Crippen LogP contribution in [-0.4, -0.2) is 18.8 Å². The lowest BCUT2D eigenvalue weighted by molar-refractivity contribution is -0.198. The fourth-order valence-corrected chi connectivity index (χ4v) is 1.34. The fraction of sp³-hybridized carbons (Fsp3) is 1.00. The molecule has 0 aromatic rings. The standard InChI is InChI=1S/C7H12F3N.ClH/c1-2-11-6-3-5(4-6)7(8,9)10;/h5-6,11H,2-4H2,1H3;1H. The lowest BCUT2D eigenvalue weighted by Gasteiger charge is -2.36. The Balaban J connectivity index is 0.00000121. The van der Waals surface area contributed by atoms with E-state index < -0.39 is 12.1 Å². The van der Waals surface area contributed by atoms with Crippen molar-refractivity contribution in [3.8, 4) is 0 Å². The summed E-state index contributed by atoms with van der Waals surface area (Å²) < 4.78 is 35.7. The summed E-state index contributed by atoms with van der Waals surface area (Å²) in [6, 6.07) is 0.103. The van der Waals surface area contributed by atoms with Crippen LogP contribution in [0.4, 0.5) is 13.2 Å². The Labute approximate surface area is 76.1 Å². The quantitative estimate of drug-likeness (QED) is 0.727. The van der Waals surface area contributed by atoms with Crippen LogP contribution in [0.3, 0.4) is 0 Å². The molecule has 0 bridgehead atoms. The zero-order chi connectivity index (χ0) is 8.48. The van der Waals surface area contributed by atoms with E-state index in [9.17, 15) is 13.2 Å². The van der Waals surface area contributed by atoms with E-state index in [1.165, 1.54) is 0 Å². The maximum Gasteiger partial charge on any atom is 0.391 e. The molecule has 1 fully saturated rings. The van der Waals surface area contributed by atoms with Gasteiger partial charge in [0.25, 0.3) is 0 Å². The van der Waals surface area contributed by atoms with E-state index in [1.54, 1.807) is 0 Å². The van der Waals surface area contributed by atoms with Gasteiger partial charge in [-0.15, -0.1) is 12.4 Å². The van der Waals surface area contributed by atoms with Gasteiger partial charge in [0.05, 0.1) is 5.92 Å². The monoisotopic (exact) mass is 203 g/mol. The molecular formula is C7H13ClF3N. The highest BCUT2D eigenvalue weighted by Gasteiger charge is 2.47. The lowest BCUT2D eigenvalue weighted by Crippen LogP contribution is -2.46. The van der Waals surface area contributed by atoms with Crippen molar-refractivity contribution in [3.63, 3.8) is 0 Å². The molecule has 1 rings (SSSR count). The van der Waals surface area contributed by atoms with Crippen LogP contribution >= 0.6 is 12.4 Å². The molecule has 1 aliphatic carbocycles. The molecule has 1 saturated carbocycles. The molecule has 0 heterocycles. The highest BCUT2D eigenvalue weighted by molar-refractivity contribution is 5.85. The van der Waals surface area contributed by atoms with Crippen molar-refractivity contribution in [2.75, 3.05) is 6.54 Å². The molecule has 1 aliphatic rings. The minimum atomic E-state index is -3.97. The number of hydrogen-bond donors (Lipinski definition) is 1. The molecule has 5 heteroatoms. The Bertz CT molecular complexity index is 131. The van der Waals surface area contributed by atoms with E-state index in [0.717, 1.165) is 6.54 Å². The van der Waals surface area contributed by atoms with Gasteiger partial charge in [-0.3, -0.25) is 0 Å². The Hall–Kier alpha value is 0.0400. The fourth-order valence-electron chi connectivity index (χ4n) is 1.34. The summed E-state index contributed by atoms with van der Waals surface area (Å²) in [5, 5.41) is 2.98. The van der Waals surface area contributed by atoms with Gasteiger partial charge < -0.3 is 5.32 Å². The van der Waals surface area contributed by atoms with Gasteiger partial charge in [-0.05, 0) is 19.4 Å². The zero-order valence-electron chi connectivity index (χ0n) is 6.82. The van der Waals surface area contributed by atoms with Crippen molar-refractivity contribution in [2.45, 2.75) is 32.0 Å². The maximum absolute atomic E-state index is 11.9. The van der Waals surface area contributed by atoms with Crippen molar-refractivity contribution >= 4 is 12.4 Å². The van der Waals surface area contributed by atoms with Gasteiger partial charge in [0.15, 0.2) is 0 Å². The number of rotatable bonds is 2. The van der Waals surface area contributed by atoms with Crippen LogP contribution in [0.1, 0.15) is 19.8 Å². The first-order valence-corrected chi connectivity index (χ1v) is 3.84. The largest absolute Gasteiger partial charge is 0.391 e. The third-order valence-electron chi connectivity index (χ3n) is 2.09. The first-order chi connectivity index (χ1) is 5.04. The van der Waals surface area contributed by atoms with Crippen molar-refractivity contribution in [1.29, 1.82) is 0 Å². The van der Waals surface area contributed by atoms with Crippen molar-refractivity contribution < 1.29 is 13.2 Å². The second kappa shape index (κ2) is 4.33. The molecule has 0 atom stereocenters. The smallest absolute Gasteiger partial charge is 0.314 e. The summed E-state index contributed by atoms with van der Waals surface area (Å²) in [6.45, 7) is 2.66. The van der Waals surface area contributed by atoms with Gasteiger partial charge >= 0.3 is 6.18 Å². The Morgan fingerprint density at radius 3 is 2.17 bits per heavy atom. The van der Waals surface area contributed by atoms with Crippen LogP contribution in [0.2, 0.25) is 0 Å². The Morgan fingerprint density at radius 2 is 1.83 bits per heavy atom. The average Bonchev–Trinajstić information content (AvgIpc) is 1.74. The minimum absolute atomic E-state index is 0. The molecule has 0 aromatic heterocycles. The van der Waals surface area contributed by atoms with E-state index in [-0.39, 0.29) is 31.3 Å². The van der Waals surface area contributed by atoms with Gasteiger partial charge in [-0.2, -0.15) is 13.2 Å². The van der Waals surface area contributed by atoms with Crippen molar-refractivity contribution in [3.05, 3.63) is 0 Å². The second-order valence-corrected chi connectivity index (χ2v) is 2.96. The predicted octanol–water partition coefficient (Wildman–Crippen LogP) is 2.36. The third-order valence-corrected chi connectivity index (χ3v) is 2.09. The molecular weight excluding hydrogens is 191 g/mol. The Kier molecular flexibility index (Phi) is 4.34. The second-order valence-electron chi connectivity index (χ2n) is 2.96. The molecule has 0 saturated heterocycles. The highest BCUT2D eigenvalue weighted by Crippen LogP contribution is 2.40. The average molecular weight is 204 g/mol. The van der Waals surface area contributed by atoms with Crippen LogP contribution in [0.5, 0.6) is 0 Å². The van der Waals surface area contributed by atoms with Crippen molar-refractivity contribution in [2.24, 2.45) is 5.92 Å². The van der Waals surface area contributed by atoms with E-state index in [1.807, 2.05) is 6.92 Å². The summed E-state index contributed by atoms with van der Waals surface area (Å²) in [7, 11) is 0. The molecule has 0 radical (unpaired) electrons. The van der Waals surface area contributed by atoms with Crippen LogP contribution in [0.25, 0.3) is 0 Å². The minimum Gasteiger partial charge on any atom is -0.314 e. The van der Waals surface area contributed by atoms with Gasteiger partial charge in [0, 0.05) is 6.04 Å². The third kappa shape index (κ3) is 2.83.